The van der Waals surface area contributed by atoms with Crippen LogP contribution in [0.1, 0.15) is 65.4 Å². The van der Waals surface area contributed by atoms with Gasteiger partial charge in [-0.15, -0.1) is 0 Å². The van der Waals surface area contributed by atoms with Gasteiger partial charge in [-0.2, -0.15) is 5.10 Å². The summed E-state index contributed by atoms with van der Waals surface area (Å²) in [6.45, 7) is 13.6. The van der Waals surface area contributed by atoms with Gasteiger partial charge in [-0.3, -0.25) is 5.10 Å². The van der Waals surface area contributed by atoms with E-state index in [1.54, 1.807) is 4.90 Å². The van der Waals surface area contributed by atoms with E-state index in [1.165, 1.54) is 0 Å². The number of aromatic nitrogens is 4. The highest BCUT2D eigenvalue weighted by atomic mass is 35.5. The lowest BCUT2D eigenvalue weighted by Gasteiger charge is -2.24. The molecule has 0 unspecified atom stereocenters. The third kappa shape index (κ3) is 5.28. The zero-order valence-electron chi connectivity index (χ0n) is 20.5. The van der Waals surface area contributed by atoms with Gasteiger partial charge in [0.2, 0.25) is 0 Å². The molecule has 1 aromatic carbocycles. The molecule has 3 heterocycles. The molecule has 2 aromatic heterocycles. The maximum Gasteiger partial charge on any atom is 0.410 e. The number of H-pyrrole nitrogens is 1. The largest absolute Gasteiger partial charge is 0.444 e. The number of hydrogen-bond acceptors (Lipinski definition) is 5. The number of ether oxygens (including phenoxy) is 1. The number of aromatic amines is 1. The molecule has 1 amide bonds. The highest BCUT2D eigenvalue weighted by molar-refractivity contribution is 6.32. The molecule has 1 aliphatic rings. The highest BCUT2D eigenvalue weighted by Crippen LogP contribution is 2.35. The zero-order chi connectivity index (χ0) is 24.8. The number of rotatable bonds is 4. The molecule has 0 aliphatic carbocycles. The second-order valence-corrected chi connectivity index (χ2v) is 11.6. The van der Waals surface area contributed by atoms with Gasteiger partial charge in [-0.05, 0) is 50.3 Å². The summed E-state index contributed by atoms with van der Waals surface area (Å²) in [5, 5.41) is 13.0. The van der Waals surface area contributed by atoms with Crippen LogP contribution in [0.4, 0.5) is 10.6 Å². The van der Waals surface area contributed by atoms with E-state index in [2.05, 4.69) is 47.3 Å². The first kappa shape index (κ1) is 24.7. The van der Waals surface area contributed by atoms with Crippen LogP contribution in [0.25, 0.3) is 10.9 Å². The molecular formula is C24H32Cl2N6O2. The van der Waals surface area contributed by atoms with Crippen LogP contribution in [-0.2, 0) is 16.7 Å². The third-order valence-electron chi connectivity index (χ3n) is 5.86. The number of imidazole rings is 1. The minimum Gasteiger partial charge on any atom is -0.444 e. The van der Waals surface area contributed by atoms with Gasteiger partial charge in [-0.25, -0.2) is 9.78 Å². The first-order valence-electron chi connectivity index (χ1n) is 11.4. The van der Waals surface area contributed by atoms with Crippen LogP contribution in [0.5, 0.6) is 0 Å². The van der Waals surface area contributed by atoms with Gasteiger partial charge in [0.1, 0.15) is 16.6 Å². The number of likely N-dealkylation sites (tertiary alicyclic amines) is 1. The molecule has 3 aromatic rings. The Morgan fingerprint density at radius 3 is 2.65 bits per heavy atom. The van der Waals surface area contributed by atoms with Crippen molar-refractivity contribution in [3.8, 4) is 0 Å². The second kappa shape index (κ2) is 8.96. The number of amides is 1. The smallest absolute Gasteiger partial charge is 0.410 e. The lowest BCUT2D eigenvalue weighted by atomic mass is 9.86. The van der Waals surface area contributed by atoms with Gasteiger partial charge in [0.25, 0.3) is 0 Å². The fourth-order valence-corrected chi connectivity index (χ4v) is 4.87. The van der Waals surface area contributed by atoms with Crippen molar-refractivity contribution in [1.82, 2.24) is 24.6 Å². The number of halogens is 2. The van der Waals surface area contributed by atoms with Crippen LogP contribution in [0.3, 0.4) is 0 Å². The first-order valence-corrected chi connectivity index (χ1v) is 12.2. The average Bonchev–Trinajstić information content (AvgIpc) is 3.41. The fourth-order valence-electron chi connectivity index (χ4n) is 4.22. The summed E-state index contributed by atoms with van der Waals surface area (Å²) in [5.74, 6) is 1.51. The molecule has 1 saturated heterocycles. The predicted octanol–water partition coefficient (Wildman–Crippen LogP) is 6.16. The van der Waals surface area contributed by atoms with Crippen LogP contribution in [0, 0.1) is 0 Å². The Hall–Kier alpha value is -2.45. The molecule has 1 atom stereocenters. The van der Waals surface area contributed by atoms with E-state index in [9.17, 15) is 4.79 Å². The van der Waals surface area contributed by atoms with Crippen molar-refractivity contribution in [2.24, 2.45) is 0 Å². The molecule has 0 bridgehead atoms. The van der Waals surface area contributed by atoms with Gasteiger partial charge >= 0.3 is 6.09 Å². The van der Waals surface area contributed by atoms with Gasteiger partial charge < -0.3 is 19.5 Å². The normalized spacial score (nSPS) is 16.9. The Bertz CT molecular complexity index is 1200. The Morgan fingerprint density at radius 1 is 1.24 bits per heavy atom. The van der Waals surface area contributed by atoms with E-state index < -0.39 is 5.60 Å². The molecule has 1 fully saturated rings. The maximum absolute atomic E-state index is 12.5. The summed E-state index contributed by atoms with van der Waals surface area (Å²) < 4.78 is 7.57. The van der Waals surface area contributed by atoms with E-state index in [-0.39, 0.29) is 17.6 Å². The van der Waals surface area contributed by atoms with Crippen molar-refractivity contribution in [1.29, 1.82) is 0 Å². The molecule has 34 heavy (non-hydrogen) atoms. The van der Waals surface area contributed by atoms with Crippen molar-refractivity contribution in [3.63, 3.8) is 0 Å². The number of carbonyl (C=O) groups is 1. The lowest BCUT2D eigenvalue weighted by molar-refractivity contribution is 0.0289. The van der Waals surface area contributed by atoms with Gasteiger partial charge in [-0.1, -0.05) is 44.0 Å². The Morgan fingerprint density at radius 2 is 1.97 bits per heavy atom. The number of carbonyl (C=O) groups excluding carboxylic acids is 1. The molecule has 10 heteroatoms. The monoisotopic (exact) mass is 506 g/mol. The number of anilines is 1. The van der Waals surface area contributed by atoms with Gasteiger partial charge in [0.05, 0.1) is 18.1 Å². The molecule has 0 radical (unpaired) electrons. The summed E-state index contributed by atoms with van der Waals surface area (Å²) in [7, 11) is 0. The quantitative estimate of drug-likeness (QED) is 0.442. The van der Waals surface area contributed by atoms with Crippen LogP contribution in [0.15, 0.2) is 18.3 Å². The summed E-state index contributed by atoms with van der Waals surface area (Å²) in [5.41, 5.74) is 1.31. The van der Waals surface area contributed by atoms with E-state index in [0.717, 1.165) is 34.5 Å². The van der Waals surface area contributed by atoms with Crippen molar-refractivity contribution >= 4 is 46.0 Å². The van der Waals surface area contributed by atoms with E-state index in [0.29, 0.717) is 29.8 Å². The van der Waals surface area contributed by atoms with E-state index >= 15 is 0 Å². The van der Waals surface area contributed by atoms with Gasteiger partial charge in [0.15, 0.2) is 5.82 Å². The zero-order valence-corrected chi connectivity index (χ0v) is 22.0. The average molecular weight is 507 g/mol. The number of benzene rings is 1. The number of hydrogen-bond donors (Lipinski definition) is 2. The van der Waals surface area contributed by atoms with Crippen LogP contribution < -0.4 is 5.32 Å². The molecule has 8 nitrogen and oxygen atoms in total. The molecule has 4 rings (SSSR count). The van der Waals surface area contributed by atoms with Crippen molar-refractivity contribution < 1.29 is 9.53 Å². The lowest BCUT2D eigenvalue weighted by Crippen LogP contribution is -2.35. The minimum absolute atomic E-state index is 0.0755. The number of nitrogens with zero attached hydrogens (tertiary/aromatic N) is 4. The summed E-state index contributed by atoms with van der Waals surface area (Å²) >= 11 is 12.8. The van der Waals surface area contributed by atoms with Crippen LogP contribution >= 0.6 is 23.2 Å². The van der Waals surface area contributed by atoms with Crippen LogP contribution in [-0.4, -0.2) is 49.4 Å². The highest BCUT2D eigenvalue weighted by Gasteiger charge is 2.32. The molecule has 184 valence electrons. The van der Waals surface area contributed by atoms with Crippen LogP contribution in [0.2, 0.25) is 10.2 Å². The summed E-state index contributed by atoms with van der Waals surface area (Å²) in [6, 6.07) is 4.07. The van der Waals surface area contributed by atoms with Crippen molar-refractivity contribution in [2.75, 3.05) is 18.4 Å². The molecule has 0 saturated carbocycles. The topological polar surface area (TPSA) is 88.1 Å². The maximum atomic E-state index is 12.5. The number of nitrogens with one attached hydrogen (secondary N) is 2. The number of fused-ring (bicyclic) bond motifs is 1. The fraction of sp³-hybridized carbons (Fsp3) is 0.542. The third-order valence-corrected chi connectivity index (χ3v) is 6.36. The predicted molar refractivity (Wildman–Crippen MR) is 136 cm³/mol. The van der Waals surface area contributed by atoms with E-state index in [1.807, 2.05) is 37.6 Å². The Balaban J connectivity index is 1.51. The molecular weight excluding hydrogens is 475 g/mol. The van der Waals surface area contributed by atoms with Crippen molar-refractivity contribution in [3.05, 3.63) is 39.9 Å². The second-order valence-electron chi connectivity index (χ2n) is 10.8. The Kier molecular flexibility index (Phi) is 6.50. The van der Waals surface area contributed by atoms with E-state index in [4.69, 9.17) is 27.9 Å². The summed E-state index contributed by atoms with van der Waals surface area (Å²) in [4.78, 5) is 18.7. The molecule has 0 spiro atoms. The summed E-state index contributed by atoms with van der Waals surface area (Å²) in [6.07, 6.45) is 2.33. The Labute approximate surface area is 210 Å². The SMILES string of the molecule is CC(C)(C)OC(=O)N1CC[C@@H](n2cc(Cl)nc2CNc2n[nH]c3cc(Cl)c(C(C)(C)C)cc23)C1. The minimum atomic E-state index is -0.522. The van der Waals surface area contributed by atoms with Gasteiger partial charge in [0, 0.05) is 29.7 Å². The molecule has 1 aliphatic heterocycles. The molecule has 2 N–H and O–H groups in total. The first-order chi connectivity index (χ1) is 15.8. The van der Waals surface area contributed by atoms with Crippen molar-refractivity contribution in [2.45, 2.75) is 71.6 Å². The standard InChI is InChI=1S/C24H32Cl2N6O2/c1-23(2,3)16-9-15-18(10-17(16)25)29-30-21(15)27-11-20-28-19(26)13-32(20)14-7-8-31(12-14)22(33)34-24(4,5)6/h9-10,13-14H,7-8,11-12H2,1-6H3,(H2,27,29,30)/t14-/m1/s1.